The Balaban J connectivity index is 2.35. The molecule has 82 valence electrons. The molecule has 16 heavy (non-hydrogen) atoms. The summed E-state index contributed by atoms with van der Waals surface area (Å²) in [5.41, 5.74) is 0.514. The third-order valence-electron chi connectivity index (χ3n) is 2.00. The lowest BCUT2D eigenvalue weighted by atomic mass is 10.3. The van der Waals surface area contributed by atoms with Crippen molar-refractivity contribution in [2.45, 2.75) is 6.54 Å². The molecule has 0 saturated heterocycles. The normalized spacial score (nSPS) is 10.4. The number of rotatable bonds is 2. The first-order valence-electron chi connectivity index (χ1n) is 4.49. The van der Waals surface area contributed by atoms with Gasteiger partial charge in [0.15, 0.2) is 0 Å². The first-order valence-corrected chi connectivity index (χ1v) is 5.24. The van der Waals surface area contributed by atoms with E-state index in [1.807, 2.05) is 0 Å². The summed E-state index contributed by atoms with van der Waals surface area (Å²) >= 11 is 11.6. The fourth-order valence-electron chi connectivity index (χ4n) is 1.22. The van der Waals surface area contributed by atoms with Crippen molar-refractivity contribution in [3.05, 3.63) is 56.7 Å². The molecule has 6 heteroatoms. The number of aromatic nitrogens is 3. The Hall–Kier alpha value is -1.39. The van der Waals surface area contributed by atoms with Crippen LogP contribution in [0.1, 0.15) is 5.56 Å². The Morgan fingerprint density at radius 3 is 2.88 bits per heavy atom. The summed E-state index contributed by atoms with van der Waals surface area (Å²) in [6, 6.07) is 4.55. The summed E-state index contributed by atoms with van der Waals surface area (Å²) in [5, 5.41) is 4.71. The van der Waals surface area contributed by atoms with Crippen LogP contribution in [-0.2, 0) is 6.54 Å². The SMILES string of the molecule is O=c1cccnn1Cc1cnc(Cl)cc1Cl. The maximum Gasteiger partial charge on any atom is 0.267 e. The summed E-state index contributed by atoms with van der Waals surface area (Å²) < 4.78 is 1.30. The van der Waals surface area contributed by atoms with E-state index in [1.165, 1.54) is 23.0 Å². The molecule has 0 aliphatic heterocycles. The molecule has 0 radical (unpaired) electrons. The van der Waals surface area contributed by atoms with Crippen LogP contribution in [0.2, 0.25) is 10.2 Å². The minimum Gasteiger partial charge on any atom is -0.268 e. The summed E-state index contributed by atoms with van der Waals surface area (Å²) in [4.78, 5) is 15.3. The van der Waals surface area contributed by atoms with Gasteiger partial charge in [0.05, 0.1) is 11.6 Å². The maximum absolute atomic E-state index is 11.4. The number of pyridine rings is 1. The smallest absolute Gasteiger partial charge is 0.267 e. The van der Waals surface area contributed by atoms with Crippen LogP contribution < -0.4 is 5.56 Å². The molecule has 0 aliphatic rings. The summed E-state index contributed by atoms with van der Waals surface area (Å²) in [6.07, 6.45) is 3.07. The molecule has 0 spiro atoms. The molecule has 2 rings (SSSR count). The van der Waals surface area contributed by atoms with Crippen LogP contribution in [0.15, 0.2) is 35.4 Å². The third-order valence-corrected chi connectivity index (χ3v) is 2.56. The minimum atomic E-state index is -0.187. The Morgan fingerprint density at radius 1 is 1.38 bits per heavy atom. The molecule has 0 fully saturated rings. The highest BCUT2D eigenvalue weighted by atomic mass is 35.5. The molecule has 2 heterocycles. The number of nitrogens with zero attached hydrogens (tertiary/aromatic N) is 3. The summed E-state index contributed by atoms with van der Waals surface area (Å²) in [5.74, 6) is 0. The topological polar surface area (TPSA) is 47.8 Å². The molecule has 0 bridgehead atoms. The molecular weight excluding hydrogens is 249 g/mol. The van der Waals surface area contributed by atoms with Crippen LogP contribution in [0.3, 0.4) is 0 Å². The molecular formula is C10H7Cl2N3O. The predicted octanol–water partition coefficient (Wildman–Crippen LogP) is 1.99. The van der Waals surface area contributed by atoms with Crippen LogP contribution in [0.4, 0.5) is 0 Å². The number of hydrogen-bond acceptors (Lipinski definition) is 3. The van der Waals surface area contributed by atoms with Gasteiger partial charge in [-0.3, -0.25) is 4.79 Å². The molecule has 0 N–H and O–H groups in total. The summed E-state index contributed by atoms with van der Waals surface area (Å²) in [7, 11) is 0. The molecule has 0 amide bonds. The highest BCUT2D eigenvalue weighted by Crippen LogP contribution is 2.18. The van der Waals surface area contributed by atoms with Crippen molar-refractivity contribution in [2.75, 3.05) is 0 Å². The highest BCUT2D eigenvalue weighted by Gasteiger charge is 2.04. The quantitative estimate of drug-likeness (QED) is 0.772. The fourth-order valence-corrected chi connectivity index (χ4v) is 1.65. The van der Waals surface area contributed by atoms with Crippen LogP contribution in [0, 0.1) is 0 Å². The monoisotopic (exact) mass is 255 g/mol. The van der Waals surface area contributed by atoms with Crippen molar-refractivity contribution in [2.24, 2.45) is 0 Å². The van der Waals surface area contributed by atoms with Gasteiger partial charge in [-0.25, -0.2) is 9.67 Å². The second-order valence-corrected chi connectivity index (χ2v) is 3.91. The highest BCUT2D eigenvalue weighted by molar-refractivity contribution is 6.34. The van der Waals surface area contributed by atoms with E-state index in [9.17, 15) is 4.79 Å². The van der Waals surface area contributed by atoms with Crippen LogP contribution >= 0.6 is 23.2 Å². The zero-order valence-electron chi connectivity index (χ0n) is 8.10. The average molecular weight is 256 g/mol. The molecule has 0 atom stereocenters. The third kappa shape index (κ3) is 2.40. The lowest BCUT2D eigenvalue weighted by molar-refractivity contribution is 0.637. The molecule has 0 saturated carbocycles. The lowest BCUT2D eigenvalue weighted by Crippen LogP contribution is -2.21. The van der Waals surface area contributed by atoms with Gasteiger partial charge in [0.1, 0.15) is 5.15 Å². The van der Waals surface area contributed by atoms with Crippen molar-refractivity contribution >= 4 is 23.2 Å². The van der Waals surface area contributed by atoms with Gasteiger partial charge in [-0.1, -0.05) is 23.2 Å². The number of halogens is 2. The molecule has 2 aromatic rings. The Bertz CT molecular complexity index is 568. The Kier molecular flexibility index (Phi) is 3.22. The van der Waals surface area contributed by atoms with E-state index < -0.39 is 0 Å². The standard InChI is InChI=1S/C10H7Cl2N3O/c11-8-4-9(12)13-5-7(8)6-15-10(16)2-1-3-14-15/h1-5H,6H2. The van der Waals surface area contributed by atoms with E-state index in [0.717, 1.165) is 0 Å². The van der Waals surface area contributed by atoms with Gasteiger partial charge in [-0.05, 0) is 12.1 Å². The first-order chi connectivity index (χ1) is 7.66. The minimum absolute atomic E-state index is 0.187. The first kappa shape index (κ1) is 11.1. The maximum atomic E-state index is 11.4. The van der Waals surface area contributed by atoms with Crippen LogP contribution in [0.5, 0.6) is 0 Å². The van der Waals surface area contributed by atoms with Crippen molar-refractivity contribution in [1.29, 1.82) is 0 Å². The van der Waals surface area contributed by atoms with E-state index in [1.54, 1.807) is 12.3 Å². The van der Waals surface area contributed by atoms with Gasteiger partial charge in [-0.2, -0.15) is 5.10 Å². The van der Waals surface area contributed by atoms with E-state index in [0.29, 0.717) is 15.7 Å². The summed E-state index contributed by atoms with van der Waals surface area (Å²) in [6.45, 7) is 0.280. The van der Waals surface area contributed by atoms with E-state index in [2.05, 4.69) is 10.1 Å². The predicted molar refractivity (Wildman–Crippen MR) is 61.9 cm³/mol. The number of hydrogen-bond donors (Lipinski definition) is 0. The second-order valence-electron chi connectivity index (χ2n) is 3.12. The van der Waals surface area contributed by atoms with Gasteiger partial charge in [0.2, 0.25) is 0 Å². The van der Waals surface area contributed by atoms with Gasteiger partial charge in [0, 0.05) is 24.0 Å². The van der Waals surface area contributed by atoms with Crippen LogP contribution in [0.25, 0.3) is 0 Å². The van der Waals surface area contributed by atoms with Gasteiger partial charge in [0.25, 0.3) is 5.56 Å². The van der Waals surface area contributed by atoms with E-state index >= 15 is 0 Å². The van der Waals surface area contributed by atoms with Crippen molar-refractivity contribution in [1.82, 2.24) is 14.8 Å². The zero-order chi connectivity index (χ0) is 11.5. The van der Waals surface area contributed by atoms with E-state index in [4.69, 9.17) is 23.2 Å². The van der Waals surface area contributed by atoms with Gasteiger partial charge >= 0.3 is 0 Å². The molecule has 0 aliphatic carbocycles. The molecule has 0 aromatic carbocycles. The Morgan fingerprint density at radius 2 is 2.19 bits per heavy atom. The van der Waals surface area contributed by atoms with Crippen molar-refractivity contribution < 1.29 is 0 Å². The molecule has 2 aromatic heterocycles. The second kappa shape index (κ2) is 4.63. The van der Waals surface area contributed by atoms with Crippen molar-refractivity contribution in [3.63, 3.8) is 0 Å². The fraction of sp³-hybridized carbons (Fsp3) is 0.100. The Labute approximate surface area is 101 Å². The largest absolute Gasteiger partial charge is 0.268 e. The van der Waals surface area contributed by atoms with Crippen molar-refractivity contribution in [3.8, 4) is 0 Å². The zero-order valence-corrected chi connectivity index (χ0v) is 9.61. The van der Waals surface area contributed by atoms with Gasteiger partial charge < -0.3 is 0 Å². The lowest BCUT2D eigenvalue weighted by Gasteiger charge is -2.05. The van der Waals surface area contributed by atoms with E-state index in [-0.39, 0.29) is 12.1 Å². The molecule has 0 unspecified atom stereocenters. The van der Waals surface area contributed by atoms with Crippen LogP contribution in [-0.4, -0.2) is 14.8 Å². The average Bonchev–Trinajstić information content (AvgIpc) is 2.25. The van der Waals surface area contributed by atoms with Gasteiger partial charge in [-0.15, -0.1) is 0 Å². The molecule has 4 nitrogen and oxygen atoms in total.